The smallest absolute Gasteiger partial charge is 0.261 e. The molecule has 3 aromatic heterocycles. The van der Waals surface area contributed by atoms with E-state index in [1.54, 1.807) is 18.3 Å². The molecular formula is C24H16N4O2. The highest BCUT2D eigenvalue weighted by atomic mass is 16.1. The molecule has 0 unspecified atom stereocenters. The number of benzene rings is 2. The molecule has 144 valence electrons. The second kappa shape index (κ2) is 7.25. The molecular weight excluding hydrogens is 376 g/mol. The fourth-order valence-corrected chi connectivity index (χ4v) is 3.55. The Bertz CT molecular complexity index is 1450. The molecule has 0 aliphatic heterocycles. The van der Waals surface area contributed by atoms with E-state index in [1.165, 1.54) is 6.08 Å². The first-order chi connectivity index (χ1) is 14.7. The molecule has 2 aromatic carbocycles. The van der Waals surface area contributed by atoms with Crippen LogP contribution in [0.3, 0.4) is 0 Å². The number of ketones is 1. The van der Waals surface area contributed by atoms with Crippen molar-refractivity contribution in [1.82, 2.24) is 19.9 Å². The van der Waals surface area contributed by atoms with Crippen LogP contribution in [0, 0.1) is 0 Å². The zero-order chi connectivity index (χ0) is 20.5. The van der Waals surface area contributed by atoms with Gasteiger partial charge in [-0.05, 0) is 42.0 Å². The van der Waals surface area contributed by atoms with Crippen molar-refractivity contribution in [2.75, 3.05) is 0 Å². The maximum absolute atomic E-state index is 13.1. The summed E-state index contributed by atoms with van der Waals surface area (Å²) in [6.07, 6.45) is 4.57. The largest absolute Gasteiger partial charge is 0.338 e. The zero-order valence-electron chi connectivity index (χ0n) is 15.8. The number of para-hydroxylation sites is 2. The van der Waals surface area contributed by atoms with E-state index < -0.39 is 11.3 Å². The summed E-state index contributed by atoms with van der Waals surface area (Å²) in [4.78, 5) is 40.5. The van der Waals surface area contributed by atoms with Crippen LogP contribution < -0.4 is 5.56 Å². The highest BCUT2D eigenvalue weighted by molar-refractivity contribution is 6.14. The van der Waals surface area contributed by atoms with Crippen LogP contribution in [0.25, 0.3) is 39.3 Å². The molecule has 6 nitrogen and oxygen atoms in total. The van der Waals surface area contributed by atoms with Crippen LogP contribution in [0.4, 0.5) is 0 Å². The number of allylic oxidation sites excluding steroid dienone is 1. The number of imidazole rings is 1. The van der Waals surface area contributed by atoms with Crippen molar-refractivity contribution < 1.29 is 4.79 Å². The van der Waals surface area contributed by atoms with Crippen molar-refractivity contribution in [2.45, 2.75) is 0 Å². The second-order valence-corrected chi connectivity index (χ2v) is 6.81. The standard InChI is InChI=1S/C24H16N4O2/c29-19(12-13-20-26-17-10-4-5-11-18(17)27-20)22-21(15-7-2-1-3-8-15)16-9-6-14-25-23(16)28-24(22)30/h1-14H,(H,26,27)(H,25,28,30)/b13-12+. The van der Waals surface area contributed by atoms with E-state index in [2.05, 4.69) is 19.9 Å². The lowest BCUT2D eigenvalue weighted by Gasteiger charge is -2.10. The van der Waals surface area contributed by atoms with Gasteiger partial charge in [0.15, 0.2) is 5.78 Å². The van der Waals surface area contributed by atoms with Gasteiger partial charge in [-0.2, -0.15) is 0 Å². The molecule has 6 heteroatoms. The predicted octanol–water partition coefficient (Wildman–Crippen LogP) is 4.36. The molecule has 5 rings (SSSR count). The minimum atomic E-state index is -0.473. The van der Waals surface area contributed by atoms with Gasteiger partial charge in [0.1, 0.15) is 11.5 Å². The molecule has 0 saturated carbocycles. The maximum atomic E-state index is 13.1. The first kappa shape index (κ1) is 17.8. The van der Waals surface area contributed by atoms with Crippen molar-refractivity contribution >= 4 is 33.9 Å². The van der Waals surface area contributed by atoms with E-state index in [9.17, 15) is 9.59 Å². The van der Waals surface area contributed by atoms with Crippen LogP contribution >= 0.6 is 0 Å². The van der Waals surface area contributed by atoms with Gasteiger partial charge in [0.25, 0.3) is 5.56 Å². The van der Waals surface area contributed by atoms with Gasteiger partial charge >= 0.3 is 0 Å². The van der Waals surface area contributed by atoms with E-state index in [4.69, 9.17) is 0 Å². The highest BCUT2D eigenvalue weighted by Gasteiger charge is 2.19. The van der Waals surface area contributed by atoms with Crippen molar-refractivity contribution in [1.29, 1.82) is 0 Å². The summed E-state index contributed by atoms with van der Waals surface area (Å²) < 4.78 is 0. The number of aromatic amines is 2. The molecule has 2 N–H and O–H groups in total. The highest BCUT2D eigenvalue weighted by Crippen LogP contribution is 2.29. The third-order valence-electron chi connectivity index (χ3n) is 4.90. The molecule has 3 heterocycles. The predicted molar refractivity (Wildman–Crippen MR) is 117 cm³/mol. The zero-order valence-corrected chi connectivity index (χ0v) is 15.8. The number of carbonyl (C=O) groups excluding carboxylic acids is 1. The Balaban J connectivity index is 1.65. The summed E-state index contributed by atoms with van der Waals surface area (Å²) >= 11 is 0. The van der Waals surface area contributed by atoms with Crippen molar-refractivity contribution in [3.8, 4) is 11.1 Å². The molecule has 0 saturated heterocycles. The lowest BCUT2D eigenvalue weighted by atomic mass is 9.95. The summed E-state index contributed by atoms with van der Waals surface area (Å²) in [5.74, 6) is 0.144. The Morgan fingerprint density at radius 2 is 1.70 bits per heavy atom. The van der Waals surface area contributed by atoms with E-state index in [0.717, 1.165) is 16.6 Å². The summed E-state index contributed by atoms with van der Waals surface area (Å²) in [5, 5.41) is 0.712. The first-order valence-corrected chi connectivity index (χ1v) is 9.44. The normalized spacial score (nSPS) is 11.5. The number of rotatable bonds is 4. The Kier molecular flexibility index (Phi) is 4.29. The number of pyridine rings is 2. The maximum Gasteiger partial charge on any atom is 0.261 e. The molecule has 0 spiro atoms. The fourth-order valence-electron chi connectivity index (χ4n) is 3.55. The van der Waals surface area contributed by atoms with Crippen LogP contribution in [-0.2, 0) is 0 Å². The van der Waals surface area contributed by atoms with Gasteiger partial charge in [-0.3, -0.25) is 9.59 Å². The lowest BCUT2D eigenvalue weighted by molar-refractivity contribution is 0.104. The molecule has 0 amide bonds. The number of carbonyl (C=O) groups is 1. The fraction of sp³-hybridized carbons (Fsp3) is 0. The van der Waals surface area contributed by atoms with Crippen LogP contribution in [0.1, 0.15) is 16.2 Å². The lowest BCUT2D eigenvalue weighted by Crippen LogP contribution is -2.19. The van der Waals surface area contributed by atoms with Crippen molar-refractivity contribution in [3.63, 3.8) is 0 Å². The van der Waals surface area contributed by atoms with Crippen LogP contribution in [0.2, 0.25) is 0 Å². The second-order valence-electron chi connectivity index (χ2n) is 6.81. The minimum absolute atomic E-state index is 0.0778. The van der Waals surface area contributed by atoms with Gasteiger partial charge in [-0.1, -0.05) is 42.5 Å². The molecule has 0 aliphatic rings. The number of aromatic nitrogens is 4. The van der Waals surface area contributed by atoms with Crippen LogP contribution in [-0.4, -0.2) is 25.7 Å². The van der Waals surface area contributed by atoms with Gasteiger partial charge in [0, 0.05) is 17.1 Å². The molecule has 30 heavy (non-hydrogen) atoms. The molecule has 0 radical (unpaired) electrons. The number of hydrogen-bond acceptors (Lipinski definition) is 4. The first-order valence-electron chi connectivity index (χ1n) is 9.44. The summed E-state index contributed by atoms with van der Waals surface area (Å²) in [6.45, 7) is 0. The van der Waals surface area contributed by atoms with Crippen molar-refractivity contribution in [2.24, 2.45) is 0 Å². The number of hydrogen-bond donors (Lipinski definition) is 2. The molecule has 0 atom stereocenters. The average molecular weight is 392 g/mol. The molecule has 5 aromatic rings. The van der Waals surface area contributed by atoms with E-state index >= 15 is 0 Å². The van der Waals surface area contributed by atoms with Gasteiger partial charge in [-0.15, -0.1) is 0 Å². The minimum Gasteiger partial charge on any atom is -0.338 e. The van der Waals surface area contributed by atoms with Crippen LogP contribution in [0.15, 0.2) is 83.8 Å². The topological polar surface area (TPSA) is 91.5 Å². The number of nitrogens with one attached hydrogen (secondary N) is 2. The number of nitrogens with zero attached hydrogens (tertiary/aromatic N) is 2. The van der Waals surface area contributed by atoms with Crippen LogP contribution in [0.5, 0.6) is 0 Å². The summed E-state index contributed by atoms with van der Waals surface area (Å²) in [6, 6.07) is 20.6. The van der Waals surface area contributed by atoms with Gasteiger partial charge < -0.3 is 9.97 Å². The Morgan fingerprint density at radius 3 is 2.53 bits per heavy atom. The van der Waals surface area contributed by atoms with Gasteiger partial charge in [0.05, 0.1) is 16.6 Å². The number of H-pyrrole nitrogens is 2. The van der Waals surface area contributed by atoms with Gasteiger partial charge in [-0.25, -0.2) is 9.97 Å². The van der Waals surface area contributed by atoms with E-state index in [0.29, 0.717) is 22.4 Å². The molecule has 0 fully saturated rings. The molecule has 0 bridgehead atoms. The average Bonchev–Trinajstić information content (AvgIpc) is 3.20. The number of fused-ring (bicyclic) bond motifs is 2. The van der Waals surface area contributed by atoms with Crippen molar-refractivity contribution in [3.05, 3.63) is 101 Å². The Hall–Kier alpha value is -4.32. The quantitative estimate of drug-likeness (QED) is 0.351. The third-order valence-corrected chi connectivity index (χ3v) is 4.90. The summed E-state index contributed by atoms with van der Waals surface area (Å²) in [7, 11) is 0. The van der Waals surface area contributed by atoms with Gasteiger partial charge in [0.2, 0.25) is 0 Å². The monoisotopic (exact) mass is 392 g/mol. The third kappa shape index (κ3) is 3.10. The van der Waals surface area contributed by atoms with E-state index in [-0.39, 0.29) is 5.56 Å². The van der Waals surface area contributed by atoms with E-state index in [1.807, 2.05) is 60.7 Å². The molecule has 0 aliphatic carbocycles. The summed E-state index contributed by atoms with van der Waals surface area (Å²) in [5.41, 5.74) is 3.09. The SMILES string of the molecule is O=C(/C=C/c1nc2ccccc2[nH]1)c1c(-c2ccccc2)c2cccnc2[nH]c1=O. The Labute approximate surface area is 171 Å². The Morgan fingerprint density at radius 1 is 0.900 bits per heavy atom.